The molecule has 0 aliphatic rings. The fraction of sp³-hybridized carbons (Fsp3) is 0.167. The topological polar surface area (TPSA) is 38.1 Å². The van der Waals surface area contributed by atoms with E-state index >= 15 is 0 Å². The lowest BCUT2D eigenvalue weighted by atomic mass is 10.1. The summed E-state index contributed by atoms with van der Waals surface area (Å²) in [5, 5.41) is 7.18. The molecule has 0 fully saturated rings. The summed E-state index contributed by atoms with van der Waals surface area (Å²) in [6, 6.07) is 7.89. The second kappa shape index (κ2) is 4.17. The van der Waals surface area contributed by atoms with Gasteiger partial charge < -0.3 is 9.84 Å². The highest BCUT2D eigenvalue weighted by Gasteiger charge is 2.08. The van der Waals surface area contributed by atoms with Crippen molar-refractivity contribution in [3.05, 3.63) is 43.0 Å². The summed E-state index contributed by atoms with van der Waals surface area (Å²) in [4.78, 5) is 0. The summed E-state index contributed by atoms with van der Waals surface area (Å²) in [6.45, 7) is 6.77. The standard InChI is InChI=1S/C12H13N2O/c1-3-13-11-8-15-14-12(11)10-6-4-5-9(2)7-10/h4-8,13H,2-3H2,1H3. The van der Waals surface area contributed by atoms with Crippen molar-refractivity contribution >= 4 is 5.69 Å². The number of rotatable bonds is 3. The van der Waals surface area contributed by atoms with Crippen LogP contribution in [-0.4, -0.2) is 11.7 Å². The number of hydrogen-bond acceptors (Lipinski definition) is 3. The molecule has 0 spiro atoms. The van der Waals surface area contributed by atoms with Crippen LogP contribution < -0.4 is 5.32 Å². The van der Waals surface area contributed by atoms with E-state index < -0.39 is 0 Å². The van der Waals surface area contributed by atoms with Gasteiger partial charge in [0.1, 0.15) is 17.6 Å². The molecule has 0 aliphatic heterocycles. The molecule has 1 N–H and O–H groups in total. The van der Waals surface area contributed by atoms with E-state index in [2.05, 4.69) is 17.4 Å². The van der Waals surface area contributed by atoms with Gasteiger partial charge in [0.25, 0.3) is 0 Å². The minimum atomic E-state index is 0.836. The first-order valence-electron chi connectivity index (χ1n) is 4.92. The van der Waals surface area contributed by atoms with Crippen LogP contribution in [0.1, 0.15) is 12.5 Å². The van der Waals surface area contributed by atoms with Crippen LogP contribution in [-0.2, 0) is 0 Å². The van der Waals surface area contributed by atoms with E-state index in [0.717, 1.165) is 29.1 Å². The van der Waals surface area contributed by atoms with Crippen LogP contribution >= 0.6 is 0 Å². The second-order valence-electron chi connectivity index (χ2n) is 3.31. The van der Waals surface area contributed by atoms with Crippen LogP contribution in [0.15, 0.2) is 35.1 Å². The SMILES string of the molecule is [CH2]c1cccc(-c2nocc2NCC)c1. The first-order valence-corrected chi connectivity index (χ1v) is 4.92. The number of nitrogens with one attached hydrogen (secondary N) is 1. The van der Waals surface area contributed by atoms with E-state index in [0.29, 0.717) is 0 Å². The molecule has 0 saturated heterocycles. The smallest absolute Gasteiger partial charge is 0.147 e. The lowest BCUT2D eigenvalue weighted by Gasteiger charge is -2.02. The number of aromatic nitrogens is 1. The van der Waals surface area contributed by atoms with Crippen molar-refractivity contribution in [3.63, 3.8) is 0 Å². The fourth-order valence-corrected chi connectivity index (χ4v) is 1.48. The van der Waals surface area contributed by atoms with Crippen molar-refractivity contribution in [2.75, 3.05) is 11.9 Å². The molecule has 1 aromatic carbocycles. The van der Waals surface area contributed by atoms with E-state index in [1.54, 1.807) is 6.26 Å². The zero-order chi connectivity index (χ0) is 10.7. The Labute approximate surface area is 89.1 Å². The van der Waals surface area contributed by atoms with Crippen LogP contribution in [0.4, 0.5) is 5.69 Å². The summed E-state index contributed by atoms with van der Waals surface area (Å²) in [6.07, 6.45) is 1.62. The Bertz CT molecular complexity index is 448. The van der Waals surface area contributed by atoms with Crippen molar-refractivity contribution in [1.29, 1.82) is 0 Å². The number of benzene rings is 1. The van der Waals surface area contributed by atoms with E-state index in [4.69, 9.17) is 4.52 Å². The van der Waals surface area contributed by atoms with Crippen molar-refractivity contribution in [3.8, 4) is 11.3 Å². The minimum absolute atomic E-state index is 0.836. The average Bonchev–Trinajstić information content (AvgIpc) is 2.66. The molecule has 1 aromatic heterocycles. The molecule has 2 aromatic rings. The van der Waals surface area contributed by atoms with E-state index in [1.807, 2.05) is 31.2 Å². The minimum Gasteiger partial charge on any atom is -0.381 e. The summed E-state index contributed by atoms with van der Waals surface area (Å²) < 4.78 is 4.96. The van der Waals surface area contributed by atoms with Crippen molar-refractivity contribution in [2.24, 2.45) is 0 Å². The molecule has 0 bridgehead atoms. The average molecular weight is 201 g/mol. The molecule has 15 heavy (non-hydrogen) atoms. The lowest BCUT2D eigenvalue weighted by Crippen LogP contribution is -1.96. The molecular formula is C12H13N2O. The van der Waals surface area contributed by atoms with Gasteiger partial charge in [-0.3, -0.25) is 0 Å². The Kier molecular flexibility index (Phi) is 2.72. The van der Waals surface area contributed by atoms with Gasteiger partial charge in [-0.15, -0.1) is 0 Å². The van der Waals surface area contributed by atoms with Crippen molar-refractivity contribution in [2.45, 2.75) is 6.92 Å². The highest BCUT2D eigenvalue weighted by molar-refractivity contribution is 5.73. The molecule has 3 heteroatoms. The predicted molar refractivity (Wildman–Crippen MR) is 60.6 cm³/mol. The normalized spacial score (nSPS) is 10.3. The van der Waals surface area contributed by atoms with Gasteiger partial charge in [0.2, 0.25) is 0 Å². The zero-order valence-electron chi connectivity index (χ0n) is 8.66. The molecular weight excluding hydrogens is 188 g/mol. The Morgan fingerprint density at radius 2 is 2.33 bits per heavy atom. The van der Waals surface area contributed by atoms with Crippen LogP contribution in [0.3, 0.4) is 0 Å². The van der Waals surface area contributed by atoms with Gasteiger partial charge >= 0.3 is 0 Å². The van der Waals surface area contributed by atoms with Crippen molar-refractivity contribution < 1.29 is 4.52 Å². The van der Waals surface area contributed by atoms with Crippen LogP contribution in [0.5, 0.6) is 0 Å². The van der Waals surface area contributed by atoms with E-state index in [9.17, 15) is 0 Å². The fourth-order valence-electron chi connectivity index (χ4n) is 1.48. The Morgan fingerprint density at radius 1 is 1.47 bits per heavy atom. The van der Waals surface area contributed by atoms with Gasteiger partial charge in [-0.1, -0.05) is 23.4 Å². The maximum atomic E-state index is 4.96. The second-order valence-corrected chi connectivity index (χ2v) is 3.31. The molecule has 2 rings (SSSR count). The predicted octanol–water partition coefficient (Wildman–Crippen LogP) is 2.96. The molecule has 0 atom stereocenters. The molecule has 77 valence electrons. The maximum absolute atomic E-state index is 4.96. The highest BCUT2D eigenvalue weighted by Crippen LogP contribution is 2.26. The monoisotopic (exact) mass is 201 g/mol. The summed E-state index contributed by atoms with van der Waals surface area (Å²) >= 11 is 0. The summed E-state index contributed by atoms with van der Waals surface area (Å²) in [5.41, 5.74) is 3.75. The highest BCUT2D eigenvalue weighted by atomic mass is 16.5. The molecule has 0 amide bonds. The lowest BCUT2D eigenvalue weighted by molar-refractivity contribution is 0.422. The maximum Gasteiger partial charge on any atom is 0.147 e. The summed E-state index contributed by atoms with van der Waals surface area (Å²) in [7, 11) is 0. The van der Waals surface area contributed by atoms with Crippen LogP contribution in [0.2, 0.25) is 0 Å². The van der Waals surface area contributed by atoms with Crippen LogP contribution in [0.25, 0.3) is 11.3 Å². The van der Waals surface area contributed by atoms with Gasteiger partial charge in [-0.25, -0.2) is 0 Å². The first-order chi connectivity index (χ1) is 7.31. The quantitative estimate of drug-likeness (QED) is 0.829. The third kappa shape index (κ3) is 2.01. The third-order valence-corrected chi connectivity index (χ3v) is 2.14. The van der Waals surface area contributed by atoms with Crippen molar-refractivity contribution in [1.82, 2.24) is 5.16 Å². The van der Waals surface area contributed by atoms with E-state index in [1.165, 1.54) is 0 Å². The molecule has 0 aliphatic carbocycles. The summed E-state index contributed by atoms with van der Waals surface area (Å²) in [5.74, 6) is 0. The Balaban J connectivity index is 2.40. The first kappa shape index (κ1) is 9.77. The molecule has 0 saturated carbocycles. The number of anilines is 1. The molecule has 1 heterocycles. The Morgan fingerprint density at radius 3 is 3.07 bits per heavy atom. The number of nitrogens with zero attached hydrogens (tertiary/aromatic N) is 1. The largest absolute Gasteiger partial charge is 0.381 e. The van der Waals surface area contributed by atoms with Gasteiger partial charge in [0.05, 0.1) is 0 Å². The molecule has 1 radical (unpaired) electrons. The molecule has 0 unspecified atom stereocenters. The van der Waals surface area contributed by atoms with Gasteiger partial charge in [-0.2, -0.15) is 0 Å². The van der Waals surface area contributed by atoms with E-state index in [-0.39, 0.29) is 0 Å². The molecule has 3 nitrogen and oxygen atoms in total. The van der Waals surface area contributed by atoms with Gasteiger partial charge in [0, 0.05) is 12.1 Å². The zero-order valence-corrected chi connectivity index (χ0v) is 8.66. The number of hydrogen-bond donors (Lipinski definition) is 1. The Hall–Kier alpha value is -1.77. The van der Waals surface area contributed by atoms with Gasteiger partial charge in [-0.05, 0) is 25.5 Å². The van der Waals surface area contributed by atoms with Gasteiger partial charge in [0.15, 0.2) is 0 Å². The van der Waals surface area contributed by atoms with Crippen LogP contribution in [0, 0.1) is 6.92 Å². The third-order valence-electron chi connectivity index (χ3n) is 2.14.